The van der Waals surface area contributed by atoms with Gasteiger partial charge < -0.3 is 4.74 Å². The molecular weight excluding hydrogens is 484 g/mol. The van der Waals surface area contributed by atoms with Gasteiger partial charge in [0.05, 0.1) is 0 Å². The Bertz CT molecular complexity index is 1770. The summed E-state index contributed by atoms with van der Waals surface area (Å²) in [7, 11) is 0. The van der Waals surface area contributed by atoms with Crippen LogP contribution in [-0.2, 0) is 13.0 Å². The van der Waals surface area contributed by atoms with Gasteiger partial charge in [-0.2, -0.15) is 0 Å². The van der Waals surface area contributed by atoms with E-state index in [0.717, 1.165) is 25.0 Å². The quantitative estimate of drug-likeness (QED) is 0.220. The number of ether oxygens (including phenoxy) is 1. The number of hydrogen-bond acceptors (Lipinski definition) is 1. The van der Waals surface area contributed by atoms with Gasteiger partial charge in [-0.15, -0.1) is 0 Å². The Balaban J connectivity index is 1.33. The highest BCUT2D eigenvalue weighted by atomic mass is 16.5. The first-order valence-electron chi connectivity index (χ1n) is 14.5. The molecule has 0 aliphatic heterocycles. The van der Waals surface area contributed by atoms with Crippen molar-refractivity contribution in [2.24, 2.45) is 0 Å². The zero-order valence-electron chi connectivity index (χ0n) is 23.0. The molecule has 0 fully saturated rings. The van der Waals surface area contributed by atoms with Crippen LogP contribution in [0.3, 0.4) is 0 Å². The molecule has 7 rings (SSSR count). The van der Waals surface area contributed by atoms with Crippen molar-refractivity contribution >= 4 is 11.6 Å². The summed E-state index contributed by atoms with van der Waals surface area (Å²) in [4.78, 5) is 0. The predicted octanol–water partition coefficient (Wildman–Crippen LogP) is 8.15. The van der Waals surface area contributed by atoms with Crippen LogP contribution in [0, 0.1) is 0 Å². The molecular formula is C39H34O. The predicted molar refractivity (Wildman–Crippen MR) is 166 cm³/mol. The van der Waals surface area contributed by atoms with E-state index in [0.29, 0.717) is 18.4 Å². The third-order valence-corrected chi connectivity index (χ3v) is 8.90. The smallest absolute Gasteiger partial charge is 0.119 e. The van der Waals surface area contributed by atoms with Crippen molar-refractivity contribution in [2.75, 3.05) is 0 Å². The highest BCUT2D eigenvalue weighted by Gasteiger charge is 2.28. The lowest BCUT2D eigenvalue weighted by molar-refractivity contribution is 0.306. The molecule has 0 radical (unpaired) electrons. The maximum atomic E-state index is 6.12. The van der Waals surface area contributed by atoms with Gasteiger partial charge in [0.1, 0.15) is 12.4 Å². The highest BCUT2D eigenvalue weighted by molar-refractivity contribution is 5.77. The molecule has 0 saturated heterocycles. The number of rotatable bonds is 6. The zero-order chi connectivity index (χ0) is 26.9. The number of fused-ring (bicyclic) bond motifs is 5. The average Bonchev–Trinajstić information content (AvgIpc) is 3.03. The summed E-state index contributed by atoms with van der Waals surface area (Å²) >= 11 is 0. The van der Waals surface area contributed by atoms with Crippen molar-refractivity contribution in [1.82, 2.24) is 0 Å². The third kappa shape index (κ3) is 4.56. The van der Waals surface area contributed by atoms with Gasteiger partial charge >= 0.3 is 0 Å². The fraction of sp³-hybridized carbons (Fsp3) is 0.179. The maximum Gasteiger partial charge on any atom is 0.119 e. The summed E-state index contributed by atoms with van der Waals surface area (Å²) in [5.41, 5.74) is 11.0. The molecule has 5 aromatic carbocycles. The summed E-state index contributed by atoms with van der Waals surface area (Å²) in [6.07, 6.45) is 5.69. The van der Waals surface area contributed by atoms with Crippen LogP contribution < -0.4 is 15.2 Å². The maximum absolute atomic E-state index is 6.12. The van der Waals surface area contributed by atoms with E-state index in [2.05, 4.69) is 128 Å². The third-order valence-electron chi connectivity index (χ3n) is 8.90. The molecule has 0 spiro atoms. The fourth-order valence-corrected chi connectivity index (χ4v) is 6.77. The van der Waals surface area contributed by atoms with Gasteiger partial charge in [-0.1, -0.05) is 122 Å². The normalized spacial score (nSPS) is 16.2. The second-order valence-electron chi connectivity index (χ2n) is 11.2. The van der Waals surface area contributed by atoms with Crippen LogP contribution in [0.25, 0.3) is 22.8 Å². The molecule has 0 amide bonds. The van der Waals surface area contributed by atoms with Gasteiger partial charge in [0.15, 0.2) is 0 Å². The molecule has 1 unspecified atom stereocenters. The van der Waals surface area contributed by atoms with Crippen molar-refractivity contribution in [3.8, 4) is 16.9 Å². The van der Waals surface area contributed by atoms with Crippen LogP contribution in [0.1, 0.15) is 59.4 Å². The lowest BCUT2D eigenvalue weighted by Gasteiger charge is -2.31. The molecule has 1 nitrogen and oxygen atoms in total. The van der Waals surface area contributed by atoms with Crippen LogP contribution >= 0.6 is 0 Å². The van der Waals surface area contributed by atoms with E-state index in [1.807, 2.05) is 6.07 Å². The minimum atomic E-state index is 0.462. The van der Waals surface area contributed by atoms with Gasteiger partial charge in [-0.3, -0.25) is 0 Å². The molecule has 0 saturated carbocycles. The van der Waals surface area contributed by atoms with E-state index >= 15 is 0 Å². The van der Waals surface area contributed by atoms with Gasteiger partial charge in [-0.05, 0) is 98.2 Å². The molecule has 0 N–H and O–H groups in total. The molecule has 5 aromatic rings. The van der Waals surface area contributed by atoms with Gasteiger partial charge in [-0.25, -0.2) is 0 Å². The molecule has 0 aromatic heterocycles. The van der Waals surface area contributed by atoms with Crippen LogP contribution in [0.4, 0.5) is 0 Å². The highest BCUT2D eigenvalue weighted by Crippen LogP contribution is 2.40. The Morgan fingerprint density at radius 3 is 2.25 bits per heavy atom. The molecule has 0 bridgehead atoms. The van der Waals surface area contributed by atoms with Crippen LogP contribution in [-0.4, -0.2) is 0 Å². The summed E-state index contributed by atoms with van der Waals surface area (Å²) < 4.78 is 6.12. The molecule has 1 heteroatoms. The number of hydrogen-bond donors (Lipinski definition) is 0. The Labute approximate surface area is 237 Å². The lowest BCUT2D eigenvalue weighted by atomic mass is 9.72. The van der Waals surface area contributed by atoms with E-state index in [-0.39, 0.29) is 0 Å². The number of benzene rings is 5. The Morgan fingerprint density at radius 2 is 1.45 bits per heavy atom. The topological polar surface area (TPSA) is 9.23 Å². The Hall–Kier alpha value is -4.36. The van der Waals surface area contributed by atoms with Crippen molar-refractivity contribution < 1.29 is 4.74 Å². The van der Waals surface area contributed by atoms with E-state index in [4.69, 9.17) is 4.74 Å². The Morgan fingerprint density at radius 1 is 0.725 bits per heavy atom. The minimum absolute atomic E-state index is 0.462. The first-order chi connectivity index (χ1) is 19.8. The summed E-state index contributed by atoms with van der Waals surface area (Å²) in [5.74, 6) is 1.87. The van der Waals surface area contributed by atoms with Crippen LogP contribution in [0.2, 0.25) is 0 Å². The zero-order valence-corrected chi connectivity index (χ0v) is 23.0. The molecule has 0 heterocycles. The standard InChI is InChI=1S/C39H34O/c1-27(29-12-6-3-7-13-29)33-22-23-35(31-16-19-32(20-17-31)40-26-28-10-4-2-5-11-28)39-37(33)25-24-36-34-15-9-8-14-30(34)18-21-38(36)39/h2-17,19-21,24-25,27,33H,18,22-23,26H2,1H3/t27?,33-/m1/s1. The van der Waals surface area contributed by atoms with Crippen molar-refractivity contribution in [1.29, 1.82) is 0 Å². The molecule has 2 aliphatic carbocycles. The van der Waals surface area contributed by atoms with Gasteiger partial charge in [0.2, 0.25) is 0 Å². The SMILES string of the molecule is CC(c1ccccc1)[C@H]1CCC(c2ccc(OCc3ccccc3)cc2)=c2c1ccc1c2=CCc2ccccc2-1. The summed E-state index contributed by atoms with van der Waals surface area (Å²) in [6.45, 7) is 2.99. The van der Waals surface area contributed by atoms with Crippen molar-refractivity contribution in [3.05, 3.63) is 160 Å². The largest absolute Gasteiger partial charge is 0.489 e. The van der Waals surface area contributed by atoms with E-state index in [1.54, 1.807) is 0 Å². The van der Waals surface area contributed by atoms with Crippen LogP contribution in [0.5, 0.6) is 5.75 Å². The van der Waals surface area contributed by atoms with Crippen molar-refractivity contribution in [2.45, 2.75) is 44.6 Å². The van der Waals surface area contributed by atoms with Crippen molar-refractivity contribution in [3.63, 3.8) is 0 Å². The fourth-order valence-electron chi connectivity index (χ4n) is 6.77. The Kier molecular flexibility index (Phi) is 6.57. The molecule has 2 atom stereocenters. The summed E-state index contributed by atoms with van der Waals surface area (Å²) in [5, 5.41) is 2.88. The minimum Gasteiger partial charge on any atom is -0.489 e. The molecule has 2 aliphatic rings. The van der Waals surface area contributed by atoms with Crippen LogP contribution in [0.15, 0.2) is 121 Å². The van der Waals surface area contributed by atoms with E-state index in [1.165, 1.54) is 55.0 Å². The second kappa shape index (κ2) is 10.7. The first kappa shape index (κ1) is 24.7. The van der Waals surface area contributed by atoms with Gasteiger partial charge in [0.25, 0.3) is 0 Å². The molecule has 196 valence electrons. The van der Waals surface area contributed by atoms with Gasteiger partial charge in [0, 0.05) is 0 Å². The van der Waals surface area contributed by atoms with E-state index < -0.39 is 0 Å². The second-order valence-corrected chi connectivity index (χ2v) is 11.2. The van der Waals surface area contributed by atoms with E-state index in [9.17, 15) is 0 Å². The average molecular weight is 519 g/mol. The monoisotopic (exact) mass is 518 g/mol. The first-order valence-corrected chi connectivity index (χ1v) is 14.5. The summed E-state index contributed by atoms with van der Waals surface area (Å²) in [6, 6.07) is 43.9. The molecule has 40 heavy (non-hydrogen) atoms. The lowest BCUT2D eigenvalue weighted by Crippen LogP contribution is -2.38.